The van der Waals surface area contributed by atoms with Crippen molar-refractivity contribution in [1.29, 1.82) is 0 Å². The molecule has 0 heterocycles. The minimum atomic E-state index is -0.0153. The van der Waals surface area contributed by atoms with Crippen LogP contribution in [0.4, 0.5) is 0 Å². The summed E-state index contributed by atoms with van der Waals surface area (Å²) in [5, 5.41) is 3.71. The Balaban J connectivity index is 1.96. The number of unbranched alkanes of at least 4 members (excludes halogenated alkanes) is 1. The number of nitrogens with one attached hydrogen (secondary N) is 1. The van der Waals surface area contributed by atoms with E-state index in [4.69, 9.17) is 11.6 Å². The Morgan fingerprint density at radius 3 is 2.54 bits per heavy atom. The summed E-state index contributed by atoms with van der Waals surface area (Å²) in [5.41, 5.74) is 4.73. The third-order valence-electron chi connectivity index (χ3n) is 4.10. The van der Waals surface area contributed by atoms with Crippen LogP contribution in [-0.2, 0) is 4.79 Å². The van der Waals surface area contributed by atoms with Gasteiger partial charge >= 0.3 is 0 Å². The van der Waals surface area contributed by atoms with Crippen molar-refractivity contribution >= 4 is 34.7 Å². The Morgan fingerprint density at radius 1 is 1.08 bits per heavy atom. The van der Waals surface area contributed by atoms with E-state index < -0.39 is 0 Å². The molecule has 1 aliphatic rings. The number of allylic oxidation sites excluding steroid dienone is 2. The molecule has 0 radical (unpaired) electrons. The summed E-state index contributed by atoms with van der Waals surface area (Å²) in [4.78, 5) is 12.5. The fourth-order valence-corrected chi connectivity index (χ4v) is 3.01. The van der Waals surface area contributed by atoms with Crippen LogP contribution in [0.1, 0.15) is 36.5 Å². The third kappa shape index (κ3) is 3.44. The second kappa shape index (κ2) is 7.50. The lowest BCUT2D eigenvalue weighted by Gasteiger charge is -2.06. The van der Waals surface area contributed by atoms with E-state index in [1.807, 2.05) is 60.7 Å². The van der Waals surface area contributed by atoms with Gasteiger partial charge in [0.05, 0.1) is 0 Å². The molecule has 0 spiro atoms. The Kier molecular flexibility index (Phi) is 5.17. The second-order valence-electron chi connectivity index (χ2n) is 5.83. The van der Waals surface area contributed by atoms with Crippen LogP contribution >= 0.6 is 11.6 Å². The summed E-state index contributed by atoms with van der Waals surface area (Å²) in [6.07, 6.45) is 6.04. The summed E-state index contributed by atoms with van der Waals surface area (Å²) >= 11 is 6.27. The minimum Gasteiger partial charge on any atom is -0.352 e. The Bertz CT molecular complexity index is 820. The molecule has 0 fully saturated rings. The molecule has 0 saturated heterocycles. The lowest BCUT2D eigenvalue weighted by atomic mass is 10.0. The van der Waals surface area contributed by atoms with E-state index in [0.717, 1.165) is 40.7 Å². The number of benzene rings is 2. The van der Waals surface area contributed by atoms with Crippen LogP contribution in [0.3, 0.4) is 0 Å². The van der Waals surface area contributed by atoms with Gasteiger partial charge in [-0.25, -0.2) is 0 Å². The van der Waals surface area contributed by atoms with Gasteiger partial charge in [0.15, 0.2) is 0 Å². The molecular weight excluding hydrogens is 318 g/mol. The molecule has 3 heteroatoms. The zero-order chi connectivity index (χ0) is 16.9. The van der Waals surface area contributed by atoms with E-state index in [-0.39, 0.29) is 5.91 Å². The Labute approximate surface area is 147 Å². The van der Waals surface area contributed by atoms with Gasteiger partial charge < -0.3 is 5.32 Å². The van der Waals surface area contributed by atoms with Crippen molar-refractivity contribution in [3.8, 4) is 0 Å². The highest BCUT2D eigenvalue weighted by Crippen LogP contribution is 2.37. The SMILES string of the molecule is CCCCNC(=O)C1=C/C(=C\c2ccccc2Cl)c2ccccc21. The van der Waals surface area contributed by atoms with Gasteiger partial charge in [0.1, 0.15) is 0 Å². The van der Waals surface area contributed by atoms with Crippen molar-refractivity contribution in [3.63, 3.8) is 0 Å². The maximum absolute atomic E-state index is 12.5. The van der Waals surface area contributed by atoms with Gasteiger partial charge in [-0.3, -0.25) is 4.79 Å². The first kappa shape index (κ1) is 16.5. The van der Waals surface area contributed by atoms with Crippen LogP contribution in [0.25, 0.3) is 17.2 Å². The van der Waals surface area contributed by atoms with Crippen molar-refractivity contribution in [2.75, 3.05) is 6.54 Å². The Morgan fingerprint density at radius 2 is 1.79 bits per heavy atom. The molecule has 0 unspecified atom stereocenters. The highest BCUT2D eigenvalue weighted by atomic mass is 35.5. The van der Waals surface area contributed by atoms with Crippen LogP contribution in [-0.4, -0.2) is 12.5 Å². The summed E-state index contributed by atoms with van der Waals surface area (Å²) < 4.78 is 0. The van der Waals surface area contributed by atoms with Crippen molar-refractivity contribution in [1.82, 2.24) is 5.32 Å². The number of rotatable bonds is 5. The molecule has 0 saturated carbocycles. The largest absolute Gasteiger partial charge is 0.352 e. The van der Waals surface area contributed by atoms with Gasteiger partial charge in [-0.15, -0.1) is 0 Å². The Hall–Kier alpha value is -2.32. The van der Waals surface area contributed by atoms with Crippen molar-refractivity contribution < 1.29 is 4.79 Å². The number of amides is 1. The highest BCUT2D eigenvalue weighted by Gasteiger charge is 2.22. The average Bonchev–Trinajstić information content (AvgIpc) is 2.96. The van der Waals surface area contributed by atoms with Crippen LogP contribution in [0.15, 0.2) is 54.6 Å². The molecular formula is C21H20ClNO. The molecule has 1 amide bonds. The molecule has 122 valence electrons. The maximum Gasteiger partial charge on any atom is 0.251 e. The van der Waals surface area contributed by atoms with Crippen molar-refractivity contribution in [2.24, 2.45) is 0 Å². The number of hydrogen-bond donors (Lipinski definition) is 1. The minimum absolute atomic E-state index is 0.0153. The van der Waals surface area contributed by atoms with E-state index in [2.05, 4.69) is 12.2 Å². The van der Waals surface area contributed by atoms with E-state index >= 15 is 0 Å². The number of hydrogen-bond acceptors (Lipinski definition) is 1. The number of fused-ring (bicyclic) bond motifs is 1. The topological polar surface area (TPSA) is 29.1 Å². The van der Waals surface area contributed by atoms with Gasteiger partial charge in [-0.05, 0) is 46.9 Å². The van der Waals surface area contributed by atoms with E-state index in [0.29, 0.717) is 11.6 Å². The molecule has 2 aromatic rings. The quantitative estimate of drug-likeness (QED) is 0.747. The first-order valence-electron chi connectivity index (χ1n) is 8.26. The molecule has 0 aromatic heterocycles. The molecule has 24 heavy (non-hydrogen) atoms. The molecule has 0 bridgehead atoms. The smallest absolute Gasteiger partial charge is 0.251 e. The lowest BCUT2D eigenvalue weighted by Crippen LogP contribution is -2.24. The lowest BCUT2D eigenvalue weighted by molar-refractivity contribution is -0.115. The van der Waals surface area contributed by atoms with E-state index in [1.165, 1.54) is 0 Å². The van der Waals surface area contributed by atoms with Crippen molar-refractivity contribution in [3.05, 3.63) is 76.3 Å². The van der Waals surface area contributed by atoms with Gasteiger partial charge in [0.25, 0.3) is 5.91 Å². The van der Waals surface area contributed by atoms with Crippen LogP contribution < -0.4 is 5.32 Å². The fraction of sp³-hybridized carbons (Fsp3) is 0.190. The van der Waals surface area contributed by atoms with Crippen LogP contribution in [0.5, 0.6) is 0 Å². The van der Waals surface area contributed by atoms with Gasteiger partial charge in [0.2, 0.25) is 0 Å². The number of carbonyl (C=O) groups excluding carboxylic acids is 1. The second-order valence-corrected chi connectivity index (χ2v) is 6.24. The first-order chi connectivity index (χ1) is 11.7. The van der Waals surface area contributed by atoms with Gasteiger partial charge in [-0.2, -0.15) is 0 Å². The summed E-state index contributed by atoms with van der Waals surface area (Å²) in [6, 6.07) is 15.7. The normalized spacial score (nSPS) is 14.4. The van der Waals surface area contributed by atoms with E-state index in [9.17, 15) is 4.79 Å². The third-order valence-corrected chi connectivity index (χ3v) is 4.45. The first-order valence-corrected chi connectivity index (χ1v) is 8.64. The van der Waals surface area contributed by atoms with Gasteiger partial charge in [-0.1, -0.05) is 67.4 Å². The maximum atomic E-state index is 12.5. The molecule has 3 rings (SSSR count). The monoisotopic (exact) mass is 337 g/mol. The molecule has 2 nitrogen and oxygen atoms in total. The van der Waals surface area contributed by atoms with Gasteiger partial charge in [0, 0.05) is 17.1 Å². The highest BCUT2D eigenvalue weighted by molar-refractivity contribution is 6.32. The molecule has 1 aliphatic carbocycles. The summed E-state index contributed by atoms with van der Waals surface area (Å²) in [6.45, 7) is 2.82. The van der Waals surface area contributed by atoms with E-state index in [1.54, 1.807) is 0 Å². The average molecular weight is 338 g/mol. The number of halogens is 1. The van der Waals surface area contributed by atoms with Crippen LogP contribution in [0, 0.1) is 0 Å². The summed E-state index contributed by atoms with van der Waals surface area (Å²) in [7, 11) is 0. The number of carbonyl (C=O) groups is 1. The predicted molar refractivity (Wildman–Crippen MR) is 102 cm³/mol. The molecule has 2 aromatic carbocycles. The molecule has 1 N–H and O–H groups in total. The zero-order valence-corrected chi connectivity index (χ0v) is 14.4. The van der Waals surface area contributed by atoms with Crippen LogP contribution in [0.2, 0.25) is 5.02 Å². The molecule has 0 atom stereocenters. The van der Waals surface area contributed by atoms with Crippen molar-refractivity contribution in [2.45, 2.75) is 19.8 Å². The zero-order valence-electron chi connectivity index (χ0n) is 13.7. The molecule has 0 aliphatic heterocycles. The summed E-state index contributed by atoms with van der Waals surface area (Å²) in [5.74, 6) is -0.0153. The predicted octanol–water partition coefficient (Wildman–Crippen LogP) is 5.19. The fourth-order valence-electron chi connectivity index (χ4n) is 2.82. The standard InChI is InChI=1S/C21H20ClNO/c1-2-3-12-23-21(24)19-14-16(17-9-5-6-10-18(17)19)13-15-8-4-7-11-20(15)22/h4-11,13-14H,2-3,12H2,1H3,(H,23,24)/b16-13+.